The molecule has 0 amide bonds. The Labute approximate surface area is 136 Å². The van der Waals surface area contributed by atoms with Gasteiger partial charge in [0.05, 0.1) is 24.6 Å². The minimum Gasteiger partial charge on any atom is -0.477 e. The number of carboxylic acids is 1. The molecule has 0 saturated heterocycles. The molecule has 0 aliphatic rings. The lowest BCUT2D eigenvalue weighted by atomic mass is 10.0. The van der Waals surface area contributed by atoms with Crippen LogP contribution in [0.4, 0.5) is 0 Å². The summed E-state index contributed by atoms with van der Waals surface area (Å²) in [4.78, 5) is 18.8. The van der Waals surface area contributed by atoms with Crippen LogP contribution in [0.25, 0.3) is 33.1 Å². The topological polar surface area (TPSA) is 88.4 Å². The highest BCUT2D eigenvalue weighted by Gasteiger charge is 2.19. The third-order valence-corrected chi connectivity index (χ3v) is 4.03. The third-order valence-electron chi connectivity index (χ3n) is 4.03. The second kappa shape index (κ2) is 5.50. The lowest BCUT2D eigenvalue weighted by Crippen LogP contribution is -2.07. The summed E-state index contributed by atoms with van der Waals surface area (Å²) in [6, 6.07) is 9.61. The molecule has 6 nitrogen and oxygen atoms in total. The van der Waals surface area contributed by atoms with Crippen LogP contribution in [0.5, 0.6) is 0 Å². The second-order valence-corrected chi connectivity index (χ2v) is 5.47. The van der Waals surface area contributed by atoms with Crippen molar-refractivity contribution in [3.8, 4) is 11.3 Å². The molecule has 1 aromatic carbocycles. The summed E-state index contributed by atoms with van der Waals surface area (Å²) in [7, 11) is 1.54. The molecule has 3 heterocycles. The average Bonchev–Trinajstić information content (AvgIpc) is 3.22. The number of aromatic nitrogens is 2. The van der Waals surface area contributed by atoms with E-state index in [-0.39, 0.29) is 12.3 Å². The zero-order valence-corrected chi connectivity index (χ0v) is 12.9. The fraction of sp³-hybridized carbons (Fsp3) is 0.111. The summed E-state index contributed by atoms with van der Waals surface area (Å²) in [5.41, 5.74) is 3.17. The number of aromatic amines is 1. The zero-order valence-electron chi connectivity index (χ0n) is 12.9. The minimum atomic E-state index is -1.07. The van der Waals surface area contributed by atoms with E-state index in [1.165, 1.54) is 7.11 Å². The monoisotopic (exact) mass is 322 g/mol. The number of carboxylic acid groups (broad SMARTS) is 1. The SMILES string of the molecule is COCc1c(C(=O)O)ncc2[nH]c3ccc(-c4ccco4)cc3c12. The first kappa shape index (κ1) is 14.5. The van der Waals surface area contributed by atoms with E-state index in [1.54, 1.807) is 12.5 Å². The highest BCUT2D eigenvalue weighted by molar-refractivity contribution is 6.11. The maximum atomic E-state index is 11.5. The van der Waals surface area contributed by atoms with E-state index < -0.39 is 5.97 Å². The van der Waals surface area contributed by atoms with E-state index in [0.717, 1.165) is 33.1 Å². The molecule has 6 heteroatoms. The summed E-state index contributed by atoms with van der Waals surface area (Å²) >= 11 is 0. The summed E-state index contributed by atoms with van der Waals surface area (Å²) in [5, 5.41) is 11.1. The molecule has 0 aliphatic heterocycles. The van der Waals surface area contributed by atoms with Crippen molar-refractivity contribution in [3.05, 3.63) is 54.0 Å². The molecule has 24 heavy (non-hydrogen) atoms. The molecule has 2 N–H and O–H groups in total. The van der Waals surface area contributed by atoms with Gasteiger partial charge in [0.25, 0.3) is 0 Å². The van der Waals surface area contributed by atoms with E-state index in [1.807, 2.05) is 30.3 Å². The molecular weight excluding hydrogens is 308 g/mol. The lowest BCUT2D eigenvalue weighted by molar-refractivity contribution is 0.0685. The second-order valence-electron chi connectivity index (χ2n) is 5.47. The number of pyridine rings is 1. The predicted molar refractivity (Wildman–Crippen MR) is 89.0 cm³/mol. The van der Waals surface area contributed by atoms with E-state index in [4.69, 9.17) is 9.15 Å². The normalized spacial score (nSPS) is 11.4. The van der Waals surface area contributed by atoms with Crippen LogP contribution in [0.3, 0.4) is 0 Å². The van der Waals surface area contributed by atoms with E-state index in [0.29, 0.717) is 5.56 Å². The van der Waals surface area contributed by atoms with Crippen LogP contribution in [-0.2, 0) is 11.3 Å². The van der Waals surface area contributed by atoms with Crippen molar-refractivity contribution >= 4 is 27.8 Å². The molecule has 0 spiro atoms. The largest absolute Gasteiger partial charge is 0.477 e. The predicted octanol–water partition coefficient (Wildman–Crippen LogP) is 3.82. The number of rotatable bonds is 4. The number of furan rings is 1. The van der Waals surface area contributed by atoms with Crippen LogP contribution in [0.2, 0.25) is 0 Å². The van der Waals surface area contributed by atoms with Gasteiger partial charge in [-0.15, -0.1) is 0 Å². The van der Waals surface area contributed by atoms with Gasteiger partial charge in [0.1, 0.15) is 5.76 Å². The Morgan fingerprint density at radius 2 is 2.21 bits per heavy atom. The number of methoxy groups -OCH3 is 1. The van der Waals surface area contributed by atoms with Crippen LogP contribution in [-0.4, -0.2) is 28.2 Å². The molecule has 0 unspecified atom stereocenters. The molecule has 120 valence electrons. The van der Waals surface area contributed by atoms with Crippen molar-refractivity contribution in [2.45, 2.75) is 6.61 Å². The molecule has 4 aromatic rings. The van der Waals surface area contributed by atoms with Crippen molar-refractivity contribution < 1.29 is 19.1 Å². The number of carbonyl (C=O) groups is 1. The molecule has 0 radical (unpaired) electrons. The zero-order chi connectivity index (χ0) is 16.7. The highest BCUT2D eigenvalue weighted by Crippen LogP contribution is 2.33. The van der Waals surface area contributed by atoms with Gasteiger partial charge in [0.15, 0.2) is 5.69 Å². The minimum absolute atomic E-state index is 0.00801. The van der Waals surface area contributed by atoms with Gasteiger partial charge in [-0.3, -0.25) is 0 Å². The van der Waals surface area contributed by atoms with Crippen LogP contribution in [0.15, 0.2) is 47.2 Å². The maximum Gasteiger partial charge on any atom is 0.354 e. The number of hydrogen-bond donors (Lipinski definition) is 2. The van der Waals surface area contributed by atoms with Gasteiger partial charge in [0.2, 0.25) is 0 Å². The smallest absolute Gasteiger partial charge is 0.354 e. The van der Waals surface area contributed by atoms with Crippen molar-refractivity contribution in [2.24, 2.45) is 0 Å². The molecule has 0 fully saturated rings. The Morgan fingerprint density at radius 1 is 1.33 bits per heavy atom. The summed E-state index contributed by atoms with van der Waals surface area (Å²) in [6.45, 7) is 0.171. The highest BCUT2D eigenvalue weighted by atomic mass is 16.5. The Balaban J connectivity index is 2.06. The average molecular weight is 322 g/mol. The fourth-order valence-corrected chi connectivity index (χ4v) is 3.03. The molecule has 0 bridgehead atoms. The molecule has 4 rings (SSSR count). The van der Waals surface area contributed by atoms with Gasteiger partial charge in [-0.25, -0.2) is 9.78 Å². The molecule has 3 aromatic heterocycles. The number of nitrogens with zero attached hydrogens (tertiary/aromatic N) is 1. The first-order valence-corrected chi connectivity index (χ1v) is 7.38. The lowest BCUT2D eigenvalue weighted by Gasteiger charge is -2.07. The van der Waals surface area contributed by atoms with Gasteiger partial charge >= 0.3 is 5.97 Å². The number of fused-ring (bicyclic) bond motifs is 3. The van der Waals surface area contributed by atoms with Crippen molar-refractivity contribution in [3.63, 3.8) is 0 Å². The first-order valence-electron chi connectivity index (χ1n) is 7.38. The van der Waals surface area contributed by atoms with Crippen LogP contribution in [0.1, 0.15) is 16.1 Å². The van der Waals surface area contributed by atoms with E-state index in [9.17, 15) is 9.90 Å². The quantitative estimate of drug-likeness (QED) is 0.596. The van der Waals surface area contributed by atoms with Gasteiger partial charge in [-0.1, -0.05) is 0 Å². The Hall–Kier alpha value is -3.12. The Morgan fingerprint density at radius 3 is 2.92 bits per heavy atom. The fourth-order valence-electron chi connectivity index (χ4n) is 3.03. The van der Waals surface area contributed by atoms with Crippen LogP contribution < -0.4 is 0 Å². The Kier molecular flexibility index (Phi) is 3.32. The van der Waals surface area contributed by atoms with Gasteiger partial charge in [-0.2, -0.15) is 0 Å². The van der Waals surface area contributed by atoms with Crippen molar-refractivity contribution in [1.29, 1.82) is 0 Å². The number of aromatic carboxylic acids is 1. The number of nitrogens with one attached hydrogen (secondary N) is 1. The van der Waals surface area contributed by atoms with Crippen molar-refractivity contribution in [1.82, 2.24) is 9.97 Å². The number of ether oxygens (including phenoxy) is 1. The number of benzene rings is 1. The number of H-pyrrole nitrogens is 1. The summed E-state index contributed by atoms with van der Waals surface area (Å²) < 4.78 is 10.7. The molecule has 0 saturated carbocycles. The van der Waals surface area contributed by atoms with Gasteiger partial charge in [-0.05, 0) is 30.3 Å². The summed E-state index contributed by atoms with van der Waals surface area (Å²) in [5.74, 6) is -0.312. The number of hydrogen-bond acceptors (Lipinski definition) is 4. The first-order chi connectivity index (χ1) is 11.7. The van der Waals surface area contributed by atoms with E-state index in [2.05, 4.69) is 9.97 Å². The standard InChI is InChI=1S/C18H14N2O4/c1-23-9-12-16-11-7-10(15-3-2-6-24-15)4-5-13(11)20-14(16)8-19-17(12)18(21)22/h2-8,20H,9H2,1H3,(H,21,22). The molecular formula is C18H14N2O4. The molecule has 0 aliphatic carbocycles. The Bertz CT molecular complexity index is 1050. The van der Waals surface area contributed by atoms with Crippen LogP contribution >= 0.6 is 0 Å². The van der Waals surface area contributed by atoms with E-state index >= 15 is 0 Å². The van der Waals surface area contributed by atoms with Crippen molar-refractivity contribution in [2.75, 3.05) is 7.11 Å². The summed E-state index contributed by atoms with van der Waals surface area (Å²) in [6.07, 6.45) is 3.17. The van der Waals surface area contributed by atoms with Gasteiger partial charge < -0.3 is 19.2 Å². The van der Waals surface area contributed by atoms with Gasteiger partial charge in [0, 0.05) is 34.5 Å². The maximum absolute atomic E-state index is 11.5. The molecule has 0 atom stereocenters. The third kappa shape index (κ3) is 2.16. The van der Waals surface area contributed by atoms with Crippen LogP contribution in [0, 0.1) is 0 Å².